The zero-order valence-electron chi connectivity index (χ0n) is 12.6. The van der Waals surface area contributed by atoms with E-state index < -0.39 is 0 Å². The quantitative estimate of drug-likeness (QED) is 0.917. The van der Waals surface area contributed by atoms with Crippen LogP contribution < -0.4 is 10.9 Å². The highest BCUT2D eigenvalue weighted by molar-refractivity contribution is 7.09. The number of aromatic nitrogens is 3. The van der Waals surface area contributed by atoms with Gasteiger partial charge in [0.25, 0.3) is 5.56 Å². The molecule has 0 aliphatic carbocycles. The highest BCUT2D eigenvalue weighted by Gasteiger charge is 2.19. The van der Waals surface area contributed by atoms with E-state index in [-0.39, 0.29) is 11.0 Å². The Bertz CT molecular complexity index is 711. The van der Waals surface area contributed by atoms with Gasteiger partial charge < -0.3 is 5.32 Å². The molecule has 0 spiro atoms. The third kappa shape index (κ3) is 2.91. The van der Waals surface area contributed by atoms with Crippen molar-refractivity contribution < 1.29 is 0 Å². The van der Waals surface area contributed by atoms with Gasteiger partial charge in [-0.2, -0.15) is 0 Å². The molecule has 3 heterocycles. The van der Waals surface area contributed by atoms with Crippen molar-refractivity contribution in [2.75, 3.05) is 6.54 Å². The molecule has 6 heteroatoms. The highest BCUT2D eigenvalue weighted by Crippen LogP contribution is 2.24. The predicted molar refractivity (Wildman–Crippen MR) is 83.8 cm³/mol. The fraction of sp³-hybridized carbons (Fsp3) is 0.533. The van der Waals surface area contributed by atoms with Crippen LogP contribution in [0.25, 0.3) is 0 Å². The summed E-state index contributed by atoms with van der Waals surface area (Å²) in [5.74, 6) is 0. The van der Waals surface area contributed by atoms with Crippen molar-refractivity contribution in [3.05, 3.63) is 44.0 Å². The fourth-order valence-corrected chi connectivity index (χ4v) is 3.40. The second-order valence-corrected chi connectivity index (χ2v) is 7.35. The Morgan fingerprint density at radius 1 is 1.43 bits per heavy atom. The average Bonchev–Trinajstić information content (AvgIpc) is 2.91. The van der Waals surface area contributed by atoms with Crippen LogP contribution in [-0.2, 0) is 24.9 Å². The van der Waals surface area contributed by atoms with Crippen LogP contribution in [0, 0.1) is 0 Å². The lowest BCUT2D eigenvalue weighted by molar-refractivity contribution is 0.567. The van der Waals surface area contributed by atoms with E-state index in [9.17, 15) is 4.79 Å². The van der Waals surface area contributed by atoms with Crippen LogP contribution in [0.4, 0.5) is 0 Å². The Labute approximate surface area is 128 Å². The molecule has 0 atom stereocenters. The normalized spacial score (nSPS) is 15.0. The van der Waals surface area contributed by atoms with Crippen LogP contribution in [0.2, 0.25) is 0 Å². The first-order valence-corrected chi connectivity index (χ1v) is 8.06. The van der Waals surface area contributed by atoms with E-state index in [0.29, 0.717) is 13.1 Å². The van der Waals surface area contributed by atoms with Gasteiger partial charge in [0, 0.05) is 22.9 Å². The predicted octanol–water partition coefficient (Wildman–Crippen LogP) is 1.69. The number of thiazole rings is 1. The second-order valence-electron chi connectivity index (χ2n) is 6.41. The zero-order valence-corrected chi connectivity index (χ0v) is 13.5. The lowest BCUT2D eigenvalue weighted by atomic mass is 9.93. The zero-order chi connectivity index (χ0) is 15.0. The monoisotopic (exact) mass is 304 g/mol. The molecule has 0 saturated heterocycles. The maximum Gasteiger partial charge on any atom is 0.257 e. The van der Waals surface area contributed by atoms with Gasteiger partial charge in [-0.3, -0.25) is 9.36 Å². The minimum absolute atomic E-state index is 0.0412. The minimum atomic E-state index is 0.0412. The van der Waals surface area contributed by atoms with Gasteiger partial charge in [-0.1, -0.05) is 20.8 Å². The molecule has 2 aromatic heterocycles. The Balaban J connectivity index is 1.89. The maximum absolute atomic E-state index is 12.5. The van der Waals surface area contributed by atoms with E-state index >= 15 is 0 Å². The van der Waals surface area contributed by atoms with E-state index in [0.717, 1.165) is 34.9 Å². The smallest absolute Gasteiger partial charge is 0.257 e. The molecule has 1 aliphatic heterocycles. The molecule has 0 radical (unpaired) electrons. The van der Waals surface area contributed by atoms with Gasteiger partial charge in [0.2, 0.25) is 0 Å². The Kier molecular flexibility index (Phi) is 3.67. The topological polar surface area (TPSA) is 59.8 Å². The maximum atomic E-state index is 12.5. The van der Waals surface area contributed by atoms with E-state index in [4.69, 9.17) is 0 Å². The molecule has 0 amide bonds. The molecule has 0 unspecified atom stereocenters. The SMILES string of the molecule is CC(C)(C)c1csc(Cn2cnc3c(c2=O)CCNC3)n1. The molecule has 3 rings (SSSR count). The summed E-state index contributed by atoms with van der Waals surface area (Å²) in [6.07, 6.45) is 2.40. The number of fused-ring (bicyclic) bond motifs is 1. The molecular formula is C15H20N4OS. The van der Waals surface area contributed by atoms with E-state index in [2.05, 4.69) is 41.4 Å². The number of rotatable bonds is 2. The third-order valence-electron chi connectivity index (χ3n) is 3.69. The number of nitrogens with one attached hydrogen (secondary N) is 1. The van der Waals surface area contributed by atoms with Crippen molar-refractivity contribution in [2.24, 2.45) is 0 Å². The molecule has 2 aromatic rings. The van der Waals surface area contributed by atoms with Crippen LogP contribution in [0.15, 0.2) is 16.5 Å². The summed E-state index contributed by atoms with van der Waals surface area (Å²) in [6.45, 7) is 8.48. The van der Waals surface area contributed by atoms with Gasteiger partial charge in [0.15, 0.2) is 0 Å². The summed E-state index contributed by atoms with van der Waals surface area (Å²) in [5, 5.41) is 6.27. The summed E-state index contributed by atoms with van der Waals surface area (Å²) in [6, 6.07) is 0. The van der Waals surface area contributed by atoms with Gasteiger partial charge in [-0.15, -0.1) is 11.3 Å². The van der Waals surface area contributed by atoms with Crippen molar-refractivity contribution in [1.29, 1.82) is 0 Å². The molecule has 0 fully saturated rings. The Hall–Kier alpha value is -1.53. The van der Waals surface area contributed by atoms with Crippen molar-refractivity contribution in [1.82, 2.24) is 19.9 Å². The lowest BCUT2D eigenvalue weighted by Crippen LogP contribution is -2.34. The molecule has 5 nitrogen and oxygen atoms in total. The van der Waals surface area contributed by atoms with E-state index in [1.54, 1.807) is 22.2 Å². The van der Waals surface area contributed by atoms with Crippen LogP contribution >= 0.6 is 11.3 Å². The molecule has 0 aromatic carbocycles. The molecular weight excluding hydrogens is 284 g/mol. The summed E-state index contributed by atoms with van der Waals surface area (Å²) < 4.78 is 1.68. The molecule has 0 saturated carbocycles. The number of hydrogen-bond donors (Lipinski definition) is 1. The van der Waals surface area contributed by atoms with Gasteiger partial charge in [0.05, 0.1) is 24.3 Å². The lowest BCUT2D eigenvalue weighted by Gasteiger charge is -2.16. The van der Waals surface area contributed by atoms with Crippen molar-refractivity contribution >= 4 is 11.3 Å². The van der Waals surface area contributed by atoms with Crippen LogP contribution in [-0.4, -0.2) is 21.1 Å². The molecule has 0 bridgehead atoms. The summed E-state index contributed by atoms with van der Waals surface area (Å²) in [5.41, 5.74) is 2.93. The number of hydrogen-bond acceptors (Lipinski definition) is 5. The van der Waals surface area contributed by atoms with E-state index in [1.807, 2.05) is 0 Å². The van der Waals surface area contributed by atoms with Crippen molar-refractivity contribution in [3.63, 3.8) is 0 Å². The van der Waals surface area contributed by atoms with E-state index in [1.165, 1.54) is 0 Å². The van der Waals surface area contributed by atoms with Crippen molar-refractivity contribution in [3.8, 4) is 0 Å². The summed E-state index contributed by atoms with van der Waals surface area (Å²) in [7, 11) is 0. The molecule has 21 heavy (non-hydrogen) atoms. The minimum Gasteiger partial charge on any atom is -0.311 e. The van der Waals surface area contributed by atoms with Crippen LogP contribution in [0.1, 0.15) is 42.7 Å². The highest BCUT2D eigenvalue weighted by atomic mass is 32.1. The standard InChI is InChI=1S/C15H20N4OS/c1-15(2,3)12-8-21-13(18-12)7-19-9-17-11-6-16-5-4-10(11)14(19)20/h8-9,16H,4-7H2,1-3H3. The average molecular weight is 304 g/mol. The van der Waals surface area contributed by atoms with Gasteiger partial charge in [0.1, 0.15) is 5.01 Å². The largest absolute Gasteiger partial charge is 0.311 e. The van der Waals surface area contributed by atoms with Gasteiger partial charge in [-0.25, -0.2) is 9.97 Å². The van der Waals surface area contributed by atoms with Gasteiger partial charge in [-0.05, 0) is 13.0 Å². The number of nitrogens with zero attached hydrogens (tertiary/aromatic N) is 3. The first-order chi connectivity index (χ1) is 9.95. The second kappa shape index (κ2) is 5.35. The first kappa shape index (κ1) is 14.4. The Morgan fingerprint density at radius 3 is 2.95 bits per heavy atom. The summed E-state index contributed by atoms with van der Waals surface area (Å²) in [4.78, 5) is 21.6. The Morgan fingerprint density at radius 2 is 2.24 bits per heavy atom. The van der Waals surface area contributed by atoms with Gasteiger partial charge >= 0.3 is 0 Å². The third-order valence-corrected chi connectivity index (χ3v) is 4.52. The van der Waals surface area contributed by atoms with Crippen molar-refractivity contribution in [2.45, 2.75) is 45.7 Å². The first-order valence-electron chi connectivity index (χ1n) is 7.18. The molecule has 1 N–H and O–H groups in total. The van der Waals surface area contributed by atoms with Crippen LogP contribution in [0.3, 0.4) is 0 Å². The molecule has 1 aliphatic rings. The summed E-state index contributed by atoms with van der Waals surface area (Å²) >= 11 is 1.61. The molecule has 112 valence electrons. The van der Waals surface area contributed by atoms with Crippen LogP contribution in [0.5, 0.6) is 0 Å². The fourth-order valence-electron chi connectivity index (χ4n) is 2.38.